The van der Waals surface area contributed by atoms with Gasteiger partial charge in [-0.15, -0.1) is 37.1 Å². The fourth-order valence-electron chi connectivity index (χ4n) is 3.00. The number of hydrogen-bond acceptors (Lipinski definition) is 5. The second-order valence-electron chi connectivity index (χ2n) is 7.06. The van der Waals surface area contributed by atoms with Crippen LogP contribution in [-0.2, 0) is 13.1 Å². The molecule has 1 fully saturated rings. The predicted molar refractivity (Wildman–Crippen MR) is 125 cm³/mol. The maximum absolute atomic E-state index is 12.2. The molecule has 31 heavy (non-hydrogen) atoms. The van der Waals surface area contributed by atoms with Crippen molar-refractivity contribution < 1.29 is 17.9 Å². The number of aromatic nitrogens is 1. The summed E-state index contributed by atoms with van der Waals surface area (Å²) in [5.41, 5.74) is 7.66. The number of guanidine groups is 1. The van der Waals surface area contributed by atoms with E-state index < -0.39 is 6.36 Å². The molecule has 2 aromatic rings. The van der Waals surface area contributed by atoms with E-state index in [2.05, 4.69) is 36.9 Å². The minimum Gasteiger partial charge on any atom is -0.406 e. The molecule has 0 radical (unpaired) electrons. The summed E-state index contributed by atoms with van der Waals surface area (Å²) in [6.45, 7) is 4.62. The molecular weight excluding hydrogens is 524 g/mol. The lowest BCUT2D eigenvalue weighted by atomic mass is 10.2. The van der Waals surface area contributed by atoms with Gasteiger partial charge in [0.05, 0.1) is 6.54 Å². The van der Waals surface area contributed by atoms with E-state index in [4.69, 9.17) is 5.73 Å². The first-order valence-corrected chi connectivity index (χ1v) is 9.55. The molecule has 0 spiro atoms. The average molecular weight is 550 g/mol. The van der Waals surface area contributed by atoms with Gasteiger partial charge in [0.2, 0.25) is 0 Å². The summed E-state index contributed by atoms with van der Waals surface area (Å²) in [7, 11) is 2.11. The number of halogens is 4. The number of hydrogen-bond donors (Lipinski definition) is 2. The van der Waals surface area contributed by atoms with Crippen LogP contribution < -0.4 is 20.7 Å². The van der Waals surface area contributed by atoms with Crippen LogP contribution in [0.2, 0.25) is 0 Å². The topological polar surface area (TPSA) is 79.0 Å². The second kappa shape index (κ2) is 11.4. The van der Waals surface area contributed by atoms with E-state index in [0.29, 0.717) is 13.1 Å². The van der Waals surface area contributed by atoms with Gasteiger partial charge >= 0.3 is 6.36 Å². The molecule has 3 rings (SSSR count). The number of benzene rings is 1. The van der Waals surface area contributed by atoms with Gasteiger partial charge in [0.1, 0.15) is 11.6 Å². The Morgan fingerprint density at radius 2 is 1.81 bits per heavy atom. The van der Waals surface area contributed by atoms with Gasteiger partial charge in [-0.2, -0.15) is 0 Å². The molecule has 1 saturated heterocycles. The molecule has 170 valence electrons. The van der Waals surface area contributed by atoms with E-state index in [1.807, 2.05) is 12.1 Å². The average Bonchev–Trinajstić information content (AvgIpc) is 2.71. The SMILES string of the molecule is CN1CCN(c2cc(CN=C(N)NCc3ccc(OC(F)(F)F)cc3)ccn2)CC1.I. The monoisotopic (exact) mass is 550 g/mol. The Labute approximate surface area is 196 Å². The predicted octanol–water partition coefficient (Wildman–Crippen LogP) is 2.95. The Kier molecular flexibility index (Phi) is 9.16. The maximum Gasteiger partial charge on any atom is 0.573 e. The van der Waals surface area contributed by atoms with Crippen molar-refractivity contribution in [3.63, 3.8) is 0 Å². The molecule has 0 saturated carbocycles. The van der Waals surface area contributed by atoms with Gasteiger partial charge in [0.15, 0.2) is 5.96 Å². The van der Waals surface area contributed by atoms with E-state index in [0.717, 1.165) is 43.1 Å². The number of likely N-dealkylation sites (N-methyl/N-ethyl adjacent to an activating group) is 1. The lowest BCUT2D eigenvalue weighted by Crippen LogP contribution is -2.44. The largest absolute Gasteiger partial charge is 0.573 e. The Balaban J connectivity index is 0.00000341. The number of nitrogens with two attached hydrogens (primary N) is 1. The number of aliphatic imine (C=N–C) groups is 1. The summed E-state index contributed by atoms with van der Waals surface area (Å²) in [5.74, 6) is 0.925. The van der Waals surface area contributed by atoms with Gasteiger partial charge in [-0.25, -0.2) is 9.98 Å². The summed E-state index contributed by atoms with van der Waals surface area (Å²) in [6.07, 6.45) is -2.93. The van der Waals surface area contributed by atoms with Crippen LogP contribution in [0.15, 0.2) is 47.6 Å². The molecular formula is C20H26F3IN6O. The molecule has 7 nitrogen and oxygen atoms in total. The Bertz CT molecular complexity index is 855. The van der Waals surface area contributed by atoms with Crippen LogP contribution in [0.5, 0.6) is 5.75 Å². The van der Waals surface area contributed by atoms with Crippen LogP contribution in [0.1, 0.15) is 11.1 Å². The number of pyridine rings is 1. The fourth-order valence-corrected chi connectivity index (χ4v) is 3.00. The molecule has 0 unspecified atom stereocenters. The number of piperazine rings is 1. The molecule has 3 N–H and O–H groups in total. The third-order valence-electron chi connectivity index (χ3n) is 4.70. The van der Waals surface area contributed by atoms with Gasteiger partial charge in [-0.3, -0.25) is 0 Å². The van der Waals surface area contributed by atoms with Gasteiger partial charge in [0.25, 0.3) is 0 Å². The molecule has 1 aromatic carbocycles. The van der Waals surface area contributed by atoms with Gasteiger partial charge < -0.3 is 25.6 Å². The third-order valence-corrected chi connectivity index (χ3v) is 4.70. The van der Waals surface area contributed by atoms with Crippen LogP contribution in [0.3, 0.4) is 0 Å². The zero-order chi connectivity index (χ0) is 21.6. The quantitative estimate of drug-likeness (QED) is 0.327. The van der Waals surface area contributed by atoms with Gasteiger partial charge in [0, 0.05) is 38.9 Å². The maximum atomic E-state index is 12.2. The molecule has 1 aromatic heterocycles. The summed E-state index contributed by atoms with van der Waals surface area (Å²) < 4.78 is 40.4. The summed E-state index contributed by atoms with van der Waals surface area (Å²) in [4.78, 5) is 13.3. The third kappa shape index (κ3) is 8.40. The molecule has 1 aliphatic heterocycles. The summed E-state index contributed by atoms with van der Waals surface area (Å²) >= 11 is 0. The highest BCUT2D eigenvalue weighted by Crippen LogP contribution is 2.22. The van der Waals surface area contributed by atoms with Crippen molar-refractivity contribution in [1.29, 1.82) is 0 Å². The van der Waals surface area contributed by atoms with E-state index >= 15 is 0 Å². The molecule has 11 heteroatoms. The van der Waals surface area contributed by atoms with Crippen LogP contribution >= 0.6 is 24.0 Å². The first-order valence-electron chi connectivity index (χ1n) is 9.55. The first kappa shape index (κ1) is 25.0. The molecule has 0 bridgehead atoms. The lowest BCUT2D eigenvalue weighted by Gasteiger charge is -2.33. The Morgan fingerprint density at radius 3 is 2.45 bits per heavy atom. The molecule has 0 atom stereocenters. The highest BCUT2D eigenvalue weighted by molar-refractivity contribution is 14.0. The zero-order valence-corrected chi connectivity index (χ0v) is 19.4. The smallest absolute Gasteiger partial charge is 0.406 e. The van der Waals surface area contributed by atoms with Crippen molar-refractivity contribution in [3.8, 4) is 5.75 Å². The van der Waals surface area contributed by atoms with Gasteiger partial charge in [-0.1, -0.05) is 12.1 Å². The number of ether oxygens (including phenoxy) is 1. The van der Waals surface area contributed by atoms with Crippen molar-refractivity contribution in [1.82, 2.24) is 15.2 Å². The normalized spacial score (nSPS) is 15.4. The second-order valence-corrected chi connectivity index (χ2v) is 7.06. The van der Waals surface area contributed by atoms with Crippen LogP contribution in [0, 0.1) is 0 Å². The van der Waals surface area contributed by atoms with Crippen molar-refractivity contribution in [2.45, 2.75) is 19.5 Å². The highest BCUT2D eigenvalue weighted by Gasteiger charge is 2.30. The van der Waals surface area contributed by atoms with Crippen molar-refractivity contribution in [2.75, 3.05) is 38.1 Å². The van der Waals surface area contributed by atoms with E-state index in [-0.39, 0.29) is 35.7 Å². The minimum absolute atomic E-state index is 0. The van der Waals surface area contributed by atoms with Crippen LogP contribution in [0.25, 0.3) is 0 Å². The molecule has 2 heterocycles. The van der Waals surface area contributed by atoms with E-state index in [9.17, 15) is 13.2 Å². The lowest BCUT2D eigenvalue weighted by molar-refractivity contribution is -0.274. The minimum atomic E-state index is -4.70. The summed E-state index contributed by atoms with van der Waals surface area (Å²) in [6, 6.07) is 9.50. The standard InChI is InChI=1S/C20H25F3N6O.HI/c1-28-8-10-29(11-9-28)18-12-16(6-7-25-18)14-27-19(24)26-13-15-2-4-17(5-3-15)30-20(21,22)23;/h2-7,12H,8-11,13-14H2,1H3,(H3,24,26,27);1H. The van der Waals surface area contributed by atoms with Crippen LogP contribution in [0.4, 0.5) is 19.0 Å². The Morgan fingerprint density at radius 1 is 1.13 bits per heavy atom. The number of nitrogens with one attached hydrogen (secondary N) is 1. The number of nitrogens with zero attached hydrogens (tertiary/aromatic N) is 4. The zero-order valence-electron chi connectivity index (χ0n) is 17.1. The summed E-state index contributed by atoms with van der Waals surface area (Å²) in [5, 5.41) is 2.95. The fraction of sp³-hybridized carbons (Fsp3) is 0.400. The molecule has 1 aliphatic rings. The highest BCUT2D eigenvalue weighted by atomic mass is 127. The number of alkyl halides is 3. The van der Waals surface area contributed by atoms with E-state index in [1.54, 1.807) is 6.20 Å². The van der Waals surface area contributed by atoms with Crippen LogP contribution in [-0.4, -0.2) is 55.4 Å². The molecule has 0 aliphatic carbocycles. The van der Waals surface area contributed by atoms with Crippen molar-refractivity contribution in [2.24, 2.45) is 10.7 Å². The number of anilines is 1. The van der Waals surface area contributed by atoms with Crippen molar-refractivity contribution >= 4 is 35.8 Å². The van der Waals surface area contributed by atoms with Gasteiger partial charge in [-0.05, 0) is 42.4 Å². The number of rotatable bonds is 6. The van der Waals surface area contributed by atoms with E-state index in [1.165, 1.54) is 24.3 Å². The Hall–Kier alpha value is -2.28. The van der Waals surface area contributed by atoms with Crippen molar-refractivity contribution in [3.05, 3.63) is 53.7 Å². The molecule has 0 amide bonds. The first-order chi connectivity index (χ1) is 14.3.